The minimum Gasteiger partial charge on any atom is -0.497 e. The predicted octanol–water partition coefficient (Wildman–Crippen LogP) is 3.27. The number of hydrogen-bond acceptors (Lipinski definition) is 7. The van der Waals surface area contributed by atoms with Crippen molar-refractivity contribution in [2.75, 3.05) is 23.9 Å². The highest BCUT2D eigenvalue weighted by Crippen LogP contribution is 2.36. The lowest BCUT2D eigenvalue weighted by Crippen LogP contribution is -2.19. The third-order valence-corrected chi connectivity index (χ3v) is 8.75. The van der Waals surface area contributed by atoms with Crippen LogP contribution in [0.25, 0.3) is 0 Å². The molecular formula is C23H26N4O4S2. The number of carbonyl (C=O) groups is 1. The molecule has 4 rings (SSSR count). The summed E-state index contributed by atoms with van der Waals surface area (Å²) < 4.78 is 30.7. The molecule has 0 bridgehead atoms. The van der Waals surface area contributed by atoms with Crippen LogP contribution in [0.1, 0.15) is 23.1 Å². The van der Waals surface area contributed by atoms with Crippen LogP contribution in [0.15, 0.2) is 59.8 Å². The molecule has 174 valence electrons. The smallest absolute Gasteiger partial charge is 0.242 e. The minimum absolute atomic E-state index is 0.0528. The van der Waals surface area contributed by atoms with Gasteiger partial charge in [0, 0.05) is 25.2 Å². The van der Waals surface area contributed by atoms with Crippen LogP contribution in [0.4, 0.5) is 5.69 Å². The summed E-state index contributed by atoms with van der Waals surface area (Å²) >= 11 is 1.31. The standard InChI is InChI=1S/C23H26N4O4S2/c1-27-20(13-16-11-12-33(29,30)15-16)25-26-23(27)32-21(17-7-4-3-5-8-17)22(28)24-18-9-6-10-19(14-18)31-2/h3-10,14,16,21H,11-13,15H2,1-2H3,(H,24,28)/t16-,21-/m1/s1. The van der Waals surface area contributed by atoms with Gasteiger partial charge in [0.05, 0.1) is 18.6 Å². The van der Waals surface area contributed by atoms with Gasteiger partial charge in [-0.05, 0) is 30.0 Å². The summed E-state index contributed by atoms with van der Waals surface area (Å²) in [6.07, 6.45) is 1.20. The molecule has 0 saturated carbocycles. The van der Waals surface area contributed by atoms with Gasteiger partial charge in [0.2, 0.25) is 5.91 Å². The summed E-state index contributed by atoms with van der Waals surface area (Å²) in [7, 11) is 0.483. The van der Waals surface area contributed by atoms with E-state index in [-0.39, 0.29) is 23.3 Å². The topological polar surface area (TPSA) is 103 Å². The van der Waals surface area contributed by atoms with Crippen molar-refractivity contribution in [2.24, 2.45) is 13.0 Å². The summed E-state index contributed by atoms with van der Waals surface area (Å²) in [6, 6.07) is 16.7. The molecule has 33 heavy (non-hydrogen) atoms. The summed E-state index contributed by atoms with van der Waals surface area (Å²) in [6.45, 7) is 0. The summed E-state index contributed by atoms with van der Waals surface area (Å²) in [4.78, 5) is 13.3. The molecule has 1 aliphatic heterocycles. The van der Waals surface area contributed by atoms with Gasteiger partial charge in [-0.3, -0.25) is 4.79 Å². The van der Waals surface area contributed by atoms with E-state index >= 15 is 0 Å². The maximum atomic E-state index is 13.3. The molecular weight excluding hydrogens is 460 g/mol. The normalized spacial score (nSPS) is 18.1. The van der Waals surface area contributed by atoms with E-state index in [1.54, 1.807) is 13.2 Å². The molecule has 1 aromatic heterocycles. The molecule has 0 unspecified atom stereocenters. The van der Waals surface area contributed by atoms with E-state index in [1.807, 2.05) is 60.1 Å². The Balaban J connectivity index is 1.54. The molecule has 2 heterocycles. The number of aromatic nitrogens is 3. The van der Waals surface area contributed by atoms with E-state index in [0.29, 0.717) is 29.4 Å². The third-order valence-electron chi connectivity index (χ3n) is 5.62. The van der Waals surface area contributed by atoms with Gasteiger partial charge in [-0.2, -0.15) is 0 Å². The number of thioether (sulfide) groups is 1. The van der Waals surface area contributed by atoms with Crippen molar-refractivity contribution in [3.05, 3.63) is 66.0 Å². The molecule has 0 spiro atoms. The lowest BCUT2D eigenvalue weighted by Gasteiger charge is -2.17. The fourth-order valence-corrected chi connectivity index (χ4v) is 6.71. The van der Waals surface area contributed by atoms with Crippen LogP contribution in [0, 0.1) is 5.92 Å². The number of methoxy groups -OCH3 is 1. The van der Waals surface area contributed by atoms with Crippen molar-refractivity contribution in [1.29, 1.82) is 0 Å². The van der Waals surface area contributed by atoms with Crippen LogP contribution < -0.4 is 10.1 Å². The Kier molecular flexibility index (Phi) is 7.04. The summed E-state index contributed by atoms with van der Waals surface area (Å²) in [5.74, 6) is 1.67. The van der Waals surface area contributed by atoms with E-state index in [1.165, 1.54) is 11.8 Å². The third kappa shape index (κ3) is 5.75. The molecule has 10 heteroatoms. The molecule has 0 radical (unpaired) electrons. The highest BCUT2D eigenvalue weighted by Gasteiger charge is 2.30. The van der Waals surface area contributed by atoms with Crippen molar-refractivity contribution in [3.8, 4) is 5.75 Å². The maximum absolute atomic E-state index is 13.3. The van der Waals surface area contributed by atoms with Crippen molar-refractivity contribution in [1.82, 2.24) is 14.8 Å². The molecule has 2 aromatic carbocycles. The van der Waals surface area contributed by atoms with Gasteiger partial charge in [-0.1, -0.05) is 48.2 Å². The first-order valence-corrected chi connectivity index (χ1v) is 13.3. The minimum atomic E-state index is -2.95. The largest absolute Gasteiger partial charge is 0.497 e. The van der Waals surface area contributed by atoms with Gasteiger partial charge in [0.1, 0.15) is 16.8 Å². The van der Waals surface area contributed by atoms with Gasteiger partial charge in [0.25, 0.3) is 0 Å². The SMILES string of the molecule is COc1cccc(NC(=O)[C@H](Sc2nnc(C[C@H]3CCS(=O)(=O)C3)n2C)c2ccccc2)c1. The van der Waals surface area contributed by atoms with Crippen LogP contribution in [0.5, 0.6) is 5.75 Å². The number of ether oxygens (including phenoxy) is 1. The van der Waals surface area contributed by atoms with Gasteiger partial charge in [-0.25, -0.2) is 8.42 Å². The second kappa shape index (κ2) is 9.96. The quantitative estimate of drug-likeness (QED) is 0.488. The van der Waals surface area contributed by atoms with E-state index in [9.17, 15) is 13.2 Å². The fourth-order valence-electron chi connectivity index (χ4n) is 3.83. The molecule has 1 amide bonds. The van der Waals surface area contributed by atoms with Crippen LogP contribution in [-0.2, 0) is 28.1 Å². The van der Waals surface area contributed by atoms with Crippen LogP contribution in [-0.4, -0.2) is 47.7 Å². The number of anilines is 1. The molecule has 1 fully saturated rings. The summed E-state index contributed by atoms with van der Waals surface area (Å²) in [5, 5.41) is 11.6. The van der Waals surface area contributed by atoms with Gasteiger partial charge in [-0.15, -0.1) is 10.2 Å². The van der Waals surface area contributed by atoms with Crippen molar-refractivity contribution < 1.29 is 17.9 Å². The number of rotatable bonds is 8. The van der Waals surface area contributed by atoms with Crippen LogP contribution in [0.3, 0.4) is 0 Å². The second-order valence-corrected chi connectivity index (χ2v) is 11.4. The van der Waals surface area contributed by atoms with E-state index in [2.05, 4.69) is 15.5 Å². The Bertz CT molecular complexity index is 1230. The van der Waals surface area contributed by atoms with Crippen molar-refractivity contribution >= 4 is 33.2 Å². The van der Waals surface area contributed by atoms with Gasteiger partial charge in [0.15, 0.2) is 15.0 Å². The average molecular weight is 487 g/mol. The fraction of sp³-hybridized carbons (Fsp3) is 0.348. The predicted molar refractivity (Wildman–Crippen MR) is 128 cm³/mol. The Morgan fingerprint density at radius 1 is 1.21 bits per heavy atom. The zero-order valence-corrected chi connectivity index (χ0v) is 20.1. The lowest BCUT2D eigenvalue weighted by atomic mass is 10.1. The van der Waals surface area contributed by atoms with E-state index in [0.717, 1.165) is 11.4 Å². The number of nitrogens with zero attached hydrogens (tertiary/aromatic N) is 3. The van der Waals surface area contributed by atoms with Crippen molar-refractivity contribution in [2.45, 2.75) is 23.2 Å². The number of sulfone groups is 1. The molecule has 1 saturated heterocycles. The molecule has 3 aromatic rings. The van der Waals surface area contributed by atoms with Crippen LogP contribution in [0.2, 0.25) is 0 Å². The second-order valence-electron chi connectivity index (χ2n) is 8.06. The average Bonchev–Trinajstić information content (AvgIpc) is 3.33. The highest BCUT2D eigenvalue weighted by molar-refractivity contribution is 8.00. The number of amides is 1. The zero-order valence-electron chi connectivity index (χ0n) is 18.5. The monoisotopic (exact) mass is 486 g/mol. The molecule has 8 nitrogen and oxygen atoms in total. The molecule has 1 aliphatic rings. The van der Waals surface area contributed by atoms with Gasteiger partial charge < -0.3 is 14.6 Å². The lowest BCUT2D eigenvalue weighted by molar-refractivity contribution is -0.115. The molecule has 1 N–H and O–H groups in total. The molecule has 2 atom stereocenters. The maximum Gasteiger partial charge on any atom is 0.242 e. The van der Waals surface area contributed by atoms with E-state index < -0.39 is 15.1 Å². The Labute approximate surface area is 197 Å². The number of nitrogens with one attached hydrogen (secondary N) is 1. The summed E-state index contributed by atoms with van der Waals surface area (Å²) in [5.41, 5.74) is 1.48. The van der Waals surface area contributed by atoms with E-state index in [4.69, 9.17) is 4.74 Å². The zero-order chi connectivity index (χ0) is 23.4. The number of hydrogen-bond donors (Lipinski definition) is 1. The number of carbonyl (C=O) groups excluding carboxylic acids is 1. The van der Waals surface area contributed by atoms with Gasteiger partial charge >= 0.3 is 0 Å². The first-order chi connectivity index (χ1) is 15.8. The Morgan fingerprint density at radius 2 is 2.00 bits per heavy atom. The first-order valence-electron chi connectivity index (χ1n) is 10.6. The van der Waals surface area contributed by atoms with Crippen molar-refractivity contribution in [3.63, 3.8) is 0 Å². The first kappa shape index (κ1) is 23.3. The highest BCUT2D eigenvalue weighted by atomic mass is 32.2. The molecule has 0 aliphatic carbocycles. The Hall–Kier alpha value is -2.85. The number of benzene rings is 2. The Morgan fingerprint density at radius 3 is 2.70 bits per heavy atom. The van der Waals surface area contributed by atoms with Crippen LogP contribution >= 0.6 is 11.8 Å².